The summed E-state index contributed by atoms with van der Waals surface area (Å²) in [7, 11) is 0. The van der Waals surface area contributed by atoms with Gasteiger partial charge in [-0.05, 0) is 12.8 Å². The largest absolute Gasteiger partial charge is 0.396 e. The van der Waals surface area contributed by atoms with Gasteiger partial charge in [0.1, 0.15) is 0 Å². The first-order chi connectivity index (χ1) is 5.26. The summed E-state index contributed by atoms with van der Waals surface area (Å²) in [5, 5.41) is 9.15. The Morgan fingerprint density at radius 1 is 1.73 bits per heavy atom. The maximum absolute atomic E-state index is 9.15. The molecule has 1 rings (SSSR count). The van der Waals surface area contributed by atoms with Crippen molar-refractivity contribution < 1.29 is 9.84 Å². The zero-order valence-electron chi connectivity index (χ0n) is 6.85. The van der Waals surface area contributed by atoms with Crippen molar-refractivity contribution in [2.24, 2.45) is 5.41 Å². The van der Waals surface area contributed by atoms with E-state index in [0.29, 0.717) is 6.10 Å². The topological polar surface area (TPSA) is 29.5 Å². The van der Waals surface area contributed by atoms with Crippen LogP contribution < -0.4 is 0 Å². The number of rotatable bonds is 3. The van der Waals surface area contributed by atoms with Crippen LogP contribution in [-0.4, -0.2) is 28.9 Å². The molecular weight excluding hydrogens is 255 g/mol. The molecule has 2 nitrogen and oxygen atoms in total. The number of alkyl halides is 1. The van der Waals surface area contributed by atoms with Crippen molar-refractivity contribution in [2.75, 3.05) is 17.6 Å². The van der Waals surface area contributed by atoms with E-state index < -0.39 is 0 Å². The van der Waals surface area contributed by atoms with E-state index in [9.17, 15) is 0 Å². The van der Waals surface area contributed by atoms with Crippen molar-refractivity contribution in [3.05, 3.63) is 0 Å². The molecule has 0 aromatic heterocycles. The quantitative estimate of drug-likeness (QED) is 0.623. The first-order valence-electron chi connectivity index (χ1n) is 4.05. The summed E-state index contributed by atoms with van der Waals surface area (Å²) in [6, 6.07) is 0. The second-order valence-corrected chi connectivity index (χ2v) is 4.18. The van der Waals surface area contributed by atoms with Crippen LogP contribution in [0.25, 0.3) is 0 Å². The van der Waals surface area contributed by atoms with Crippen LogP contribution in [0.3, 0.4) is 0 Å². The van der Waals surface area contributed by atoms with Gasteiger partial charge in [-0.25, -0.2) is 0 Å². The van der Waals surface area contributed by atoms with Gasteiger partial charge in [0.25, 0.3) is 0 Å². The second kappa shape index (κ2) is 4.05. The number of ether oxygens (including phenoxy) is 1. The summed E-state index contributed by atoms with van der Waals surface area (Å²) >= 11 is 2.33. The fraction of sp³-hybridized carbons (Fsp3) is 1.00. The number of aliphatic hydroxyl groups excluding tert-OH is 1. The van der Waals surface area contributed by atoms with Crippen molar-refractivity contribution >= 4 is 22.6 Å². The zero-order chi connectivity index (χ0) is 8.32. The van der Waals surface area contributed by atoms with Crippen LogP contribution in [0.4, 0.5) is 0 Å². The van der Waals surface area contributed by atoms with Crippen LogP contribution >= 0.6 is 22.6 Å². The van der Waals surface area contributed by atoms with Crippen molar-refractivity contribution in [1.29, 1.82) is 0 Å². The molecule has 0 aromatic rings. The minimum Gasteiger partial charge on any atom is -0.396 e. The van der Waals surface area contributed by atoms with E-state index in [1.165, 1.54) is 0 Å². The lowest BCUT2D eigenvalue weighted by Gasteiger charge is -2.22. The molecule has 1 aliphatic heterocycles. The molecular formula is C8H15IO2. The van der Waals surface area contributed by atoms with Gasteiger partial charge in [-0.1, -0.05) is 29.5 Å². The maximum Gasteiger partial charge on any atom is 0.0671 e. The minimum atomic E-state index is 0.0792. The van der Waals surface area contributed by atoms with Crippen LogP contribution in [0.15, 0.2) is 0 Å². The van der Waals surface area contributed by atoms with E-state index in [-0.39, 0.29) is 12.0 Å². The third-order valence-electron chi connectivity index (χ3n) is 2.54. The predicted molar refractivity (Wildman–Crippen MR) is 53.1 cm³/mol. The van der Waals surface area contributed by atoms with Crippen LogP contribution in [0, 0.1) is 5.41 Å². The Hall–Kier alpha value is 0.650. The lowest BCUT2D eigenvalue weighted by molar-refractivity contribution is 0.0770. The Kier molecular flexibility index (Phi) is 3.58. The molecule has 0 saturated carbocycles. The van der Waals surface area contributed by atoms with Gasteiger partial charge in [0.15, 0.2) is 0 Å². The number of hydrogen-bond acceptors (Lipinski definition) is 2. The molecule has 0 radical (unpaired) electrons. The molecule has 0 aromatic carbocycles. The maximum atomic E-state index is 9.15. The van der Waals surface area contributed by atoms with E-state index in [4.69, 9.17) is 9.84 Å². The van der Waals surface area contributed by atoms with E-state index in [1.54, 1.807) is 0 Å². The molecule has 0 aliphatic carbocycles. The molecule has 0 amide bonds. The average molecular weight is 270 g/mol. The zero-order valence-corrected chi connectivity index (χ0v) is 9.00. The normalized spacial score (nSPS) is 37.9. The van der Waals surface area contributed by atoms with Gasteiger partial charge in [-0.15, -0.1) is 0 Å². The minimum absolute atomic E-state index is 0.0792. The highest BCUT2D eigenvalue weighted by molar-refractivity contribution is 14.1. The molecule has 1 N–H and O–H groups in total. The van der Waals surface area contributed by atoms with E-state index in [0.717, 1.165) is 23.9 Å². The average Bonchev–Trinajstić information content (AvgIpc) is 2.49. The Morgan fingerprint density at radius 3 is 2.73 bits per heavy atom. The predicted octanol–water partition coefficient (Wildman–Crippen LogP) is 1.60. The first-order valence-corrected chi connectivity index (χ1v) is 5.57. The van der Waals surface area contributed by atoms with E-state index >= 15 is 0 Å². The summed E-state index contributed by atoms with van der Waals surface area (Å²) in [4.78, 5) is 0. The molecule has 2 atom stereocenters. The van der Waals surface area contributed by atoms with Crippen LogP contribution in [0.1, 0.15) is 19.8 Å². The van der Waals surface area contributed by atoms with Crippen LogP contribution in [0.5, 0.6) is 0 Å². The van der Waals surface area contributed by atoms with Gasteiger partial charge in [-0.3, -0.25) is 0 Å². The molecule has 66 valence electrons. The number of hydrogen-bond donors (Lipinski definition) is 1. The fourth-order valence-corrected chi connectivity index (χ4v) is 2.03. The third-order valence-corrected chi connectivity index (χ3v) is 3.53. The van der Waals surface area contributed by atoms with Crippen molar-refractivity contribution in [1.82, 2.24) is 0 Å². The van der Waals surface area contributed by atoms with Crippen molar-refractivity contribution in [3.8, 4) is 0 Å². The Morgan fingerprint density at radius 2 is 2.45 bits per heavy atom. The molecule has 0 spiro atoms. The Labute approximate surface area is 81.5 Å². The lowest BCUT2D eigenvalue weighted by atomic mass is 9.84. The molecule has 1 saturated heterocycles. The van der Waals surface area contributed by atoms with Crippen molar-refractivity contribution in [2.45, 2.75) is 25.9 Å². The summed E-state index contributed by atoms with van der Waals surface area (Å²) in [5.41, 5.74) is 0.0792. The SMILES string of the molecule is CC[C@@]1(CO)CO[C@@H](CI)C1. The number of halogens is 1. The molecule has 0 bridgehead atoms. The number of aliphatic hydroxyl groups is 1. The standard InChI is InChI=1S/C8H15IO2/c1-2-8(5-10)3-7(4-9)11-6-8/h7,10H,2-6H2,1H3/t7-,8-/m1/s1. The van der Waals surface area contributed by atoms with Crippen LogP contribution in [0.2, 0.25) is 0 Å². The molecule has 1 heterocycles. The van der Waals surface area contributed by atoms with E-state index in [1.807, 2.05) is 0 Å². The van der Waals surface area contributed by atoms with Gasteiger partial charge in [0.05, 0.1) is 19.3 Å². The monoisotopic (exact) mass is 270 g/mol. The smallest absolute Gasteiger partial charge is 0.0671 e. The summed E-state index contributed by atoms with van der Waals surface area (Å²) < 4.78 is 6.57. The molecule has 1 fully saturated rings. The van der Waals surface area contributed by atoms with E-state index in [2.05, 4.69) is 29.5 Å². The second-order valence-electron chi connectivity index (χ2n) is 3.30. The highest BCUT2D eigenvalue weighted by Crippen LogP contribution is 2.35. The van der Waals surface area contributed by atoms with Gasteiger partial charge < -0.3 is 9.84 Å². The van der Waals surface area contributed by atoms with Gasteiger partial charge >= 0.3 is 0 Å². The molecule has 1 aliphatic rings. The fourth-order valence-electron chi connectivity index (χ4n) is 1.46. The summed E-state index contributed by atoms with van der Waals surface area (Å²) in [6.45, 7) is 3.14. The summed E-state index contributed by atoms with van der Waals surface area (Å²) in [6.07, 6.45) is 2.43. The molecule has 0 unspecified atom stereocenters. The lowest BCUT2D eigenvalue weighted by Crippen LogP contribution is -2.25. The highest BCUT2D eigenvalue weighted by Gasteiger charge is 2.37. The first kappa shape index (κ1) is 9.74. The van der Waals surface area contributed by atoms with Gasteiger partial charge in [-0.2, -0.15) is 0 Å². The highest BCUT2D eigenvalue weighted by atomic mass is 127. The van der Waals surface area contributed by atoms with Crippen molar-refractivity contribution in [3.63, 3.8) is 0 Å². The molecule has 11 heavy (non-hydrogen) atoms. The Bertz CT molecular complexity index is 123. The van der Waals surface area contributed by atoms with Gasteiger partial charge in [0.2, 0.25) is 0 Å². The van der Waals surface area contributed by atoms with Crippen LogP contribution in [-0.2, 0) is 4.74 Å². The third kappa shape index (κ3) is 2.06. The summed E-state index contributed by atoms with van der Waals surface area (Å²) in [5.74, 6) is 0. The van der Waals surface area contributed by atoms with Gasteiger partial charge in [0, 0.05) is 9.84 Å². The Balaban J connectivity index is 2.48. The molecule has 3 heteroatoms.